The average molecular weight is 201 g/mol. The molecule has 0 spiro atoms. The Morgan fingerprint density at radius 1 is 1.33 bits per heavy atom. The van der Waals surface area contributed by atoms with E-state index in [4.69, 9.17) is 5.73 Å². The zero-order valence-electron chi connectivity index (χ0n) is 8.63. The maximum atomic E-state index is 5.73. The highest BCUT2D eigenvalue weighted by Gasteiger charge is 2.32. The number of benzene rings is 1. The first-order valence-electron chi connectivity index (χ1n) is 5.52. The Labute approximate surface area is 88.9 Å². The molecule has 0 aliphatic heterocycles. The van der Waals surface area contributed by atoms with Gasteiger partial charge in [-0.1, -0.05) is 18.2 Å². The van der Waals surface area contributed by atoms with Gasteiger partial charge in [0.1, 0.15) is 0 Å². The molecule has 1 aliphatic rings. The number of hydrogen-bond donors (Lipinski definition) is 1. The summed E-state index contributed by atoms with van der Waals surface area (Å²) in [4.78, 5) is 0. The summed E-state index contributed by atoms with van der Waals surface area (Å²) < 4.78 is 2.15. The van der Waals surface area contributed by atoms with E-state index in [1.807, 2.05) is 6.20 Å². The van der Waals surface area contributed by atoms with Crippen molar-refractivity contribution in [1.82, 2.24) is 9.78 Å². The minimum atomic E-state index is 0.523. The van der Waals surface area contributed by atoms with E-state index in [2.05, 4.69) is 34.0 Å². The molecule has 1 aliphatic carbocycles. The van der Waals surface area contributed by atoms with Crippen LogP contribution >= 0.6 is 0 Å². The summed E-state index contributed by atoms with van der Waals surface area (Å²) in [6.07, 6.45) is 4.41. The fourth-order valence-corrected chi connectivity index (χ4v) is 2.40. The lowest BCUT2D eigenvalue weighted by molar-refractivity contribution is 0.179. The molecule has 2 N–H and O–H groups in total. The first-order valence-corrected chi connectivity index (χ1v) is 5.52. The lowest BCUT2D eigenvalue weighted by Crippen LogP contribution is -2.34. The van der Waals surface area contributed by atoms with Crippen LogP contribution in [0.3, 0.4) is 0 Å². The molecule has 2 atom stereocenters. The Hall–Kier alpha value is -1.35. The maximum absolute atomic E-state index is 5.73. The van der Waals surface area contributed by atoms with E-state index in [-0.39, 0.29) is 0 Å². The molecular formula is C12H15N3. The molecule has 2 unspecified atom stereocenters. The fraction of sp³-hybridized carbons (Fsp3) is 0.417. The second kappa shape index (κ2) is 3.35. The van der Waals surface area contributed by atoms with Crippen LogP contribution in [0.5, 0.6) is 0 Å². The van der Waals surface area contributed by atoms with Crippen LogP contribution < -0.4 is 5.73 Å². The number of rotatable bonds is 2. The van der Waals surface area contributed by atoms with Crippen molar-refractivity contribution in [3.63, 3.8) is 0 Å². The molecule has 3 heteroatoms. The second-order valence-electron chi connectivity index (χ2n) is 4.29. The van der Waals surface area contributed by atoms with Crippen LogP contribution in [-0.2, 0) is 0 Å². The van der Waals surface area contributed by atoms with Crippen molar-refractivity contribution in [2.24, 2.45) is 11.7 Å². The first-order chi connectivity index (χ1) is 7.40. The van der Waals surface area contributed by atoms with Gasteiger partial charge < -0.3 is 5.73 Å². The Kier molecular flexibility index (Phi) is 1.99. The molecule has 1 heterocycles. The molecule has 1 aromatic carbocycles. The summed E-state index contributed by atoms with van der Waals surface area (Å²) in [6.45, 7) is 0.777. The first kappa shape index (κ1) is 8.92. The summed E-state index contributed by atoms with van der Waals surface area (Å²) in [6, 6.07) is 8.88. The highest BCUT2D eigenvalue weighted by atomic mass is 15.3. The predicted octanol–water partition coefficient (Wildman–Crippen LogP) is 1.95. The van der Waals surface area contributed by atoms with Crippen LogP contribution in [0.2, 0.25) is 0 Å². The minimum Gasteiger partial charge on any atom is -0.330 e. The van der Waals surface area contributed by atoms with Crippen molar-refractivity contribution in [2.75, 3.05) is 6.54 Å². The molecule has 0 amide bonds. The highest BCUT2D eigenvalue weighted by Crippen LogP contribution is 2.38. The lowest BCUT2D eigenvalue weighted by Gasteiger charge is -2.36. The zero-order chi connectivity index (χ0) is 10.3. The van der Waals surface area contributed by atoms with E-state index in [1.54, 1.807) is 0 Å². The molecule has 2 aromatic rings. The zero-order valence-corrected chi connectivity index (χ0v) is 8.63. The van der Waals surface area contributed by atoms with Crippen molar-refractivity contribution in [3.8, 4) is 0 Å². The normalized spacial score (nSPS) is 25.4. The average Bonchev–Trinajstić information content (AvgIpc) is 2.62. The van der Waals surface area contributed by atoms with E-state index in [9.17, 15) is 0 Å². The van der Waals surface area contributed by atoms with Gasteiger partial charge in [-0.15, -0.1) is 0 Å². The molecule has 15 heavy (non-hydrogen) atoms. The topological polar surface area (TPSA) is 43.8 Å². The van der Waals surface area contributed by atoms with Crippen LogP contribution in [0.4, 0.5) is 0 Å². The fourth-order valence-electron chi connectivity index (χ4n) is 2.40. The summed E-state index contributed by atoms with van der Waals surface area (Å²) in [5.74, 6) is 0.619. The van der Waals surface area contributed by atoms with Crippen LogP contribution in [0.1, 0.15) is 18.9 Å². The third kappa shape index (κ3) is 1.27. The quantitative estimate of drug-likeness (QED) is 0.807. The van der Waals surface area contributed by atoms with E-state index in [0.29, 0.717) is 12.0 Å². The molecule has 78 valence electrons. The predicted molar refractivity (Wildman–Crippen MR) is 60.5 cm³/mol. The third-order valence-electron chi connectivity index (χ3n) is 3.50. The summed E-state index contributed by atoms with van der Waals surface area (Å²) >= 11 is 0. The Morgan fingerprint density at radius 2 is 2.20 bits per heavy atom. The summed E-state index contributed by atoms with van der Waals surface area (Å²) in [5.41, 5.74) is 6.97. The van der Waals surface area contributed by atoms with Gasteiger partial charge in [0.15, 0.2) is 0 Å². The van der Waals surface area contributed by atoms with Gasteiger partial charge >= 0.3 is 0 Å². The third-order valence-corrected chi connectivity index (χ3v) is 3.50. The number of aromatic nitrogens is 2. The molecule has 0 bridgehead atoms. The van der Waals surface area contributed by atoms with Crippen LogP contribution in [-0.4, -0.2) is 16.3 Å². The Morgan fingerprint density at radius 3 is 2.93 bits per heavy atom. The standard InChI is InChI=1S/C12H15N3/c13-7-9-5-6-12(9)15-11-4-2-1-3-10(11)8-14-15/h1-4,8-9,12H,5-7,13H2. The van der Waals surface area contributed by atoms with Gasteiger partial charge in [0, 0.05) is 5.39 Å². The highest BCUT2D eigenvalue weighted by molar-refractivity contribution is 5.78. The van der Waals surface area contributed by atoms with Gasteiger partial charge in [0.05, 0.1) is 17.8 Å². The van der Waals surface area contributed by atoms with Crippen molar-refractivity contribution < 1.29 is 0 Å². The number of nitrogens with zero attached hydrogens (tertiary/aromatic N) is 2. The van der Waals surface area contributed by atoms with Crippen LogP contribution in [0, 0.1) is 5.92 Å². The monoisotopic (exact) mass is 201 g/mol. The number of hydrogen-bond acceptors (Lipinski definition) is 2. The van der Waals surface area contributed by atoms with Crippen molar-refractivity contribution in [3.05, 3.63) is 30.5 Å². The van der Waals surface area contributed by atoms with Gasteiger partial charge in [-0.05, 0) is 31.4 Å². The van der Waals surface area contributed by atoms with E-state index in [1.165, 1.54) is 23.7 Å². The van der Waals surface area contributed by atoms with Gasteiger partial charge in [-0.25, -0.2) is 0 Å². The Bertz CT molecular complexity index is 472. The molecule has 3 rings (SSSR count). The number of nitrogens with two attached hydrogens (primary N) is 1. The van der Waals surface area contributed by atoms with Gasteiger partial charge in [-0.3, -0.25) is 4.68 Å². The largest absolute Gasteiger partial charge is 0.330 e. The van der Waals surface area contributed by atoms with Gasteiger partial charge in [0.2, 0.25) is 0 Å². The molecular weight excluding hydrogens is 186 g/mol. The molecule has 1 fully saturated rings. The molecule has 1 aromatic heterocycles. The number of para-hydroxylation sites is 1. The SMILES string of the molecule is NCC1CCC1n1ncc2ccccc21. The second-order valence-corrected chi connectivity index (χ2v) is 4.29. The van der Waals surface area contributed by atoms with Crippen molar-refractivity contribution >= 4 is 10.9 Å². The van der Waals surface area contributed by atoms with Gasteiger partial charge in [0.25, 0.3) is 0 Å². The smallest absolute Gasteiger partial charge is 0.0685 e. The molecule has 0 saturated heterocycles. The van der Waals surface area contributed by atoms with E-state index >= 15 is 0 Å². The maximum Gasteiger partial charge on any atom is 0.0685 e. The minimum absolute atomic E-state index is 0.523. The number of fused-ring (bicyclic) bond motifs is 1. The van der Waals surface area contributed by atoms with Crippen LogP contribution in [0.15, 0.2) is 30.5 Å². The van der Waals surface area contributed by atoms with Crippen molar-refractivity contribution in [2.45, 2.75) is 18.9 Å². The summed E-state index contributed by atoms with van der Waals surface area (Å²) in [5, 5.41) is 5.70. The molecule has 1 saturated carbocycles. The van der Waals surface area contributed by atoms with Gasteiger partial charge in [-0.2, -0.15) is 5.10 Å². The van der Waals surface area contributed by atoms with Crippen molar-refractivity contribution in [1.29, 1.82) is 0 Å². The van der Waals surface area contributed by atoms with E-state index < -0.39 is 0 Å². The summed E-state index contributed by atoms with van der Waals surface area (Å²) in [7, 11) is 0. The van der Waals surface area contributed by atoms with E-state index in [0.717, 1.165) is 6.54 Å². The molecule has 0 radical (unpaired) electrons. The Balaban J connectivity index is 2.04. The molecule has 3 nitrogen and oxygen atoms in total. The lowest BCUT2D eigenvalue weighted by atomic mass is 9.79. The van der Waals surface area contributed by atoms with Crippen LogP contribution in [0.25, 0.3) is 10.9 Å².